The number of hydrogen-bond donors (Lipinski definition) is 1. The molecule has 3 heteroatoms. The molecule has 0 aromatic heterocycles. The molecule has 1 saturated heterocycles. The maximum atomic E-state index is 6.15. The van der Waals surface area contributed by atoms with E-state index in [-0.39, 0.29) is 0 Å². The first-order valence-electron chi connectivity index (χ1n) is 8.40. The van der Waals surface area contributed by atoms with Crippen LogP contribution in [-0.4, -0.2) is 30.6 Å². The number of hydrogen-bond acceptors (Lipinski definition) is 2. The van der Waals surface area contributed by atoms with E-state index in [4.69, 9.17) is 11.6 Å². The molecule has 0 spiro atoms. The standard InChI is InChI=1S/C18H27ClN2/c1-13(2)21(12-14-4-3-9-20-11-14)18-8-5-15-10-16(19)6-7-17(15)18/h6-7,10,13-14,18,20H,3-5,8-9,11-12H2,1-2H3. The summed E-state index contributed by atoms with van der Waals surface area (Å²) in [6, 6.07) is 7.65. The van der Waals surface area contributed by atoms with Gasteiger partial charge in [-0.25, -0.2) is 0 Å². The van der Waals surface area contributed by atoms with Crippen molar-refractivity contribution in [3.05, 3.63) is 34.3 Å². The number of aryl methyl sites for hydroxylation is 1. The molecule has 1 N–H and O–H groups in total. The Morgan fingerprint density at radius 3 is 2.90 bits per heavy atom. The lowest BCUT2D eigenvalue weighted by atomic mass is 9.96. The van der Waals surface area contributed by atoms with E-state index in [1.165, 1.54) is 56.4 Å². The highest BCUT2D eigenvalue weighted by Gasteiger charge is 2.31. The molecule has 1 fully saturated rings. The fraction of sp³-hybridized carbons (Fsp3) is 0.667. The Morgan fingerprint density at radius 2 is 2.19 bits per heavy atom. The van der Waals surface area contributed by atoms with Gasteiger partial charge in [-0.1, -0.05) is 17.7 Å². The zero-order chi connectivity index (χ0) is 14.8. The van der Waals surface area contributed by atoms with Crippen molar-refractivity contribution in [1.82, 2.24) is 10.2 Å². The number of halogens is 1. The Hall–Kier alpha value is -0.570. The van der Waals surface area contributed by atoms with E-state index in [9.17, 15) is 0 Å². The molecule has 21 heavy (non-hydrogen) atoms. The van der Waals surface area contributed by atoms with Gasteiger partial charge in [0.1, 0.15) is 0 Å². The van der Waals surface area contributed by atoms with Crippen LogP contribution in [0.1, 0.15) is 50.3 Å². The molecule has 0 radical (unpaired) electrons. The Bertz CT molecular complexity index is 480. The first kappa shape index (κ1) is 15.3. The van der Waals surface area contributed by atoms with Gasteiger partial charge in [0.25, 0.3) is 0 Å². The first-order chi connectivity index (χ1) is 10.1. The molecule has 1 aromatic rings. The van der Waals surface area contributed by atoms with Crippen molar-refractivity contribution in [1.29, 1.82) is 0 Å². The summed E-state index contributed by atoms with van der Waals surface area (Å²) in [4.78, 5) is 2.72. The van der Waals surface area contributed by atoms with Crippen LogP contribution >= 0.6 is 11.6 Å². The third-order valence-electron chi connectivity index (χ3n) is 5.08. The minimum atomic E-state index is 0.583. The molecule has 1 heterocycles. The molecule has 2 nitrogen and oxygen atoms in total. The lowest BCUT2D eigenvalue weighted by Gasteiger charge is -2.37. The van der Waals surface area contributed by atoms with Crippen molar-refractivity contribution < 1.29 is 0 Å². The summed E-state index contributed by atoms with van der Waals surface area (Å²) in [5.41, 5.74) is 2.97. The van der Waals surface area contributed by atoms with E-state index in [1.807, 2.05) is 0 Å². The normalized spacial score (nSPS) is 25.6. The number of nitrogens with one attached hydrogen (secondary N) is 1. The summed E-state index contributed by atoms with van der Waals surface area (Å²) in [6.45, 7) is 8.28. The van der Waals surface area contributed by atoms with E-state index in [2.05, 4.69) is 42.3 Å². The number of rotatable bonds is 4. The molecule has 116 valence electrons. The molecule has 0 amide bonds. The third kappa shape index (κ3) is 3.44. The van der Waals surface area contributed by atoms with Crippen LogP contribution in [-0.2, 0) is 6.42 Å². The maximum Gasteiger partial charge on any atom is 0.0408 e. The average molecular weight is 307 g/mol. The van der Waals surface area contributed by atoms with Gasteiger partial charge in [-0.05, 0) is 81.8 Å². The molecule has 2 aliphatic rings. The Labute approximate surface area is 133 Å². The van der Waals surface area contributed by atoms with Crippen LogP contribution in [0.2, 0.25) is 5.02 Å². The van der Waals surface area contributed by atoms with Crippen LogP contribution in [0.25, 0.3) is 0 Å². The minimum Gasteiger partial charge on any atom is -0.316 e. The van der Waals surface area contributed by atoms with Gasteiger partial charge in [-0.3, -0.25) is 4.90 Å². The Balaban J connectivity index is 1.76. The first-order valence-corrected chi connectivity index (χ1v) is 8.77. The maximum absolute atomic E-state index is 6.15. The quantitative estimate of drug-likeness (QED) is 0.903. The van der Waals surface area contributed by atoms with Crippen LogP contribution in [0.3, 0.4) is 0 Å². The molecule has 2 atom stereocenters. The van der Waals surface area contributed by atoms with Crippen LogP contribution in [0.15, 0.2) is 18.2 Å². The van der Waals surface area contributed by atoms with E-state index < -0.39 is 0 Å². The van der Waals surface area contributed by atoms with Crippen LogP contribution < -0.4 is 5.32 Å². The van der Waals surface area contributed by atoms with Crippen molar-refractivity contribution in [3.8, 4) is 0 Å². The molecule has 3 rings (SSSR count). The van der Waals surface area contributed by atoms with Gasteiger partial charge < -0.3 is 5.32 Å². The van der Waals surface area contributed by atoms with E-state index >= 15 is 0 Å². The molecule has 1 aliphatic heterocycles. The molecule has 2 unspecified atom stereocenters. The zero-order valence-corrected chi connectivity index (χ0v) is 14.0. The van der Waals surface area contributed by atoms with Gasteiger partial charge >= 0.3 is 0 Å². The second-order valence-electron chi connectivity index (χ2n) is 6.90. The van der Waals surface area contributed by atoms with Crippen molar-refractivity contribution in [2.45, 2.75) is 51.6 Å². The van der Waals surface area contributed by atoms with Gasteiger partial charge in [-0.15, -0.1) is 0 Å². The van der Waals surface area contributed by atoms with Gasteiger partial charge in [0.05, 0.1) is 0 Å². The predicted octanol–water partition coefficient (Wildman–Crippen LogP) is 4.04. The summed E-state index contributed by atoms with van der Waals surface area (Å²) >= 11 is 6.15. The number of fused-ring (bicyclic) bond motifs is 1. The molecule has 0 bridgehead atoms. The lowest BCUT2D eigenvalue weighted by Crippen LogP contribution is -2.42. The van der Waals surface area contributed by atoms with Gasteiger partial charge in [0.2, 0.25) is 0 Å². The van der Waals surface area contributed by atoms with Crippen LogP contribution in [0.4, 0.5) is 0 Å². The van der Waals surface area contributed by atoms with Crippen LogP contribution in [0.5, 0.6) is 0 Å². The van der Waals surface area contributed by atoms with Crippen molar-refractivity contribution in [3.63, 3.8) is 0 Å². The molecular formula is C18H27ClN2. The fourth-order valence-corrected chi connectivity index (χ4v) is 4.18. The van der Waals surface area contributed by atoms with Crippen molar-refractivity contribution in [2.24, 2.45) is 5.92 Å². The number of piperidine rings is 1. The average Bonchev–Trinajstić information content (AvgIpc) is 2.88. The fourth-order valence-electron chi connectivity index (χ4n) is 3.98. The summed E-state index contributed by atoms with van der Waals surface area (Å²) in [5, 5.41) is 4.43. The minimum absolute atomic E-state index is 0.583. The predicted molar refractivity (Wildman–Crippen MR) is 89.9 cm³/mol. The lowest BCUT2D eigenvalue weighted by molar-refractivity contribution is 0.117. The number of nitrogens with zero attached hydrogens (tertiary/aromatic N) is 1. The molecule has 1 aromatic carbocycles. The second-order valence-corrected chi connectivity index (χ2v) is 7.34. The molecule has 0 saturated carbocycles. The topological polar surface area (TPSA) is 15.3 Å². The monoisotopic (exact) mass is 306 g/mol. The van der Waals surface area contributed by atoms with E-state index in [0.717, 1.165) is 10.9 Å². The molecular weight excluding hydrogens is 280 g/mol. The molecule has 1 aliphatic carbocycles. The van der Waals surface area contributed by atoms with E-state index in [1.54, 1.807) is 0 Å². The van der Waals surface area contributed by atoms with Gasteiger partial charge in [0, 0.05) is 23.7 Å². The van der Waals surface area contributed by atoms with Crippen LogP contribution in [0, 0.1) is 5.92 Å². The highest BCUT2D eigenvalue weighted by molar-refractivity contribution is 6.30. The summed E-state index contributed by atoms with van der Waals surface area (Å²) in [6.07, 6.45) is 5.12. The Kier molecular flexibility index (Phi) is 4.88. The number of benzene rings is 1. The highest BCUT2D eigenvalue weighted by atomic mass is 35.5. The second kappa shape index (κ2) is 6.68. The van der Waals surface area contributed by atoms with Gasteiger partial charge in [-0.2, -0.15) is 0 Å². The SMILES string of the molecule is CC(C)N(CC1CCCNC1)C1CCc2cc(Cl)ccc21. The summed E-state index contributed by atoms with van der Waals surface area (Å²) < 4.78 is 0. The summed E-state index contributed by atoms with van der Waals surface area (Å²) in [7, 11) is 0. The van der Waals surface area contributed by atoms with E-state index in [0.29, 0.717) is 12.1 Å². The summed E-state index contributed by atoms with van der Waals surface area (Å²) in [5.74, 6) is 0.803. The highest BCUT2D eigenvalue weighted by Crippen LogP contribution is 2.38. The third-order valence-corrected chi connectivity index (χ3v) is 5.32. The van der Waals surface area contributed by atoms with Gasteiger partial charge in [0.15, 0.2) is 0 Å². The smallest absolute Gasteiger partial charge is 0.0408 e. The zero-order valence-electron chi connectivity index (χ0n) is 13.2. The largest absolute Gasteiger partial charge is 0.316 e. The van der Waals surface area contributed by atoms with Crippen molar-refractivity contribution in [2.75, 3.05) is 19.6 Å². The van der Waals surface area contributed by atoms with Crippen molar-refractivity contribution >= 4 is 11.6 Å². The Morgan fingerprint density at radius 1 is 1.33 bits per heavy atom.